The fourth-order valence-corrected chi connectivity index (χ4v) is 1.19. The van der Waals surface area contributed by atoms with Crippen molar-refractivity contribution in [2.75, 3.05) is 13.7 Å². The summed E-state index contributed by atoms with van der Waals surface area (Å²) in [5.74, 6) is 0.302. The van der Waals surface area contributed by atoms with E-state index < -0.39 is 0 Å². The molecule has 1 rings (SSSR count). The van der Waals surface area contributed by atoms with Crippen LogP contribution in [-0.4, -0.2) is 24.4 Å². The Morgan fingerprint density at radius 1 is 1.27 bits per heavy atom. The van der Waals surface area contributed by atoms with E-state index in [2.05, 4.69) is 5.32 Å². The third-order valence-corrected chi connectivity index (χ3v) is 2.37. The molecule has 3 heteroatoms. The summed E-state index contributed by atoms with van der Waals surface area (Å²) < 4.78 is 5.29. The lowest BCUT2D eigenvalue weighted by molar-refractivity contribution is 0.0230. The largest absolute Gasteiger partial charge is 0.508 e. The van der Waals surface area contributed by atoms with E-state index >= 15 is 0 Å². The van der Waals surface area contributed by atoms with Crippen molar-refractivity contribution >= 4 is 0 Å². The van der Waals surface area contributed by atoms with E-state index in [4.69, 9.17) is 9.84 Å². The number of ether oxygens (including phenoxy) is 1. The molecule has 1 aromatic rings. The number of aromatic hydroxyl groups is 1. The normalized spacial score (nSPS) is 11.7. The molecule has 0 bridgehead atoms. The number of hydrogen-bond donors (Lipinski definition) is 2. The van der Waals surface area contributed by atoms with Crippen molar-refractivity contribution in [3.05, 3.63) is 29.8 Å². The minimum absolute atomic E-state index is 0.142. The average Bonchev–Trinajstić information content (AvgIpc) is 2.21. The highest BCUT2D eigenvalue weighted by Crippen LogP contribution is 2.10. The fourth-order valence-electron chi connectivity index (χ4n) is 1.19. The van der Waals surface area contributed by atoms with Gasteiger partial charge >= 0.3 is 0 Å². The molecule has 2 N–H and O–H groups in total. The van der Waals surface area contributed by atoms with Crippen LogP contribution in [0, 0.1) is 0 Å². The highest BCUT2D eigenvalue weighted by molar-refractivity contribution is 5.25. The minimum Gasteiger partial charge on any atom is -0.508 e. The van der Waals surface area contributed by atoms with Crippen LogP contribution in [0.3, 0.4) is 0 Å². The van der Waals surface area contributed by atoms with Crippen LogP contribution < -0.4 is 5.32 Å². The molecule has 0 unspecified atom stereocenters. The molecule has 0 aliphatic heterocycles. The van der Waals surface area contributed by atoms with Crippen LogP contribution in [0.2, 0.25) is 0 Å². The Bertz CT molecular complexity index is 293. The molecule has 3 nitrogen and oxygen atoms in total. The predicted molar refractivity (Wildman–Crippen MR) is 60.9 cm³/mol. The molecule has 0 aliphatic carbocycles. The molecule has 0 atom stereocenters. The van der Waals surface area contributed by atoms with Crippen molar-refractivity contribution < 1.29 is 9.84 Å². The van der Waals surface area contributed by atoms with Gasteiger partial charge in [-0.05, 0) is 31.5 Å². The number of nitrogens with one attached hydrogen (secondary N) is 1. The Kier molecular flexibility index (Phi) is 4.12. The molecule has 0 saturated heterocycles. The quantitative estimate of drug-likeness (QED) is 0.778. The average molecular weight is 209 g/mol. The molecule has 0 amide bonds. The van der Waals surface area contributed by atoms with Crippen molar-refractivity contribution in [1.82, 2.24) is 5.32 Å². The number of phenolic OH excluding ortho intramolecular Hbond substituents is 1. The van der Waals surface area contributed by atoms with Crippen LogP contribution in [0.15, 0.2) is 24.3 Å². The van der Waals surface area contributed by atoms with Gasteiger partial charge in [0.05, 0.1) is 5.60 Å². The van der Waals surface area contributed by atoms with Crippen LogP contribution >= 0.6 is 0 Å². The van der Waals surface area contributed by atoms with Gasteiger partial charge in [0.2, 0.25) is 0 Å². The molecule has 0 aromatic heterocycles. The fraction of sp³-hybridized carbons (Fsp3) is 0.500. The van der Waals surface area contributed by atoms with Gasteiger partial charge in [-0.2, -0.15) is 0 Å². The Balaban J connectivity index is 2.35. The summed E-state index contributed by atoms with van der Waals surface area (Å²) in [5, 5.41) is 12.4. The highest BCUT2D eigenvalue weighted by atomic mass is 16.5. The van der Waals surface area contributed by atoms with Gasteiger partial charge in [0.1, 0.15) is 5.75 Å². The molecule has 0 heterocycles. The lowest BCUT2D eigenvalue weighted by Crippen LogP contribution is -2.36. The van der Waals surface area contributed by atoms with Crippen LogP contribution in [-0.2, 0) is 11.3 Å². The van der Waals surface area contributed by atoms with Gasteiger partial charge in [0.25, 0.3) is 0 Å². The summed E-state index contributed by atoms with van der Waals surface area (Å²) in [6.07, 6.45) is 0. The van der Waals surface area contributed by atoms with E-state index in [1.54, 1.807) is 19.2 Å². The van der Waals surface area contributed by atoms with Gasteiger partial charge in [0.15, 0.2) is 0 Å². The van der Waals surface area contributed by atoms with Crippen LogP contribution in [0.25, 0.3) is 0 Å². The molecule has 0 saturated carbocycles. The van der Waals surface area contributed by atoms with Gasteiger partial charge < -0.3 is 15.2 Å². The summed E-state index contributed by atoms with van der Waals surface area (Å²) in [4.78, 5) is 0. The summed E-state index contributed by atoms with van der Waals surface area (Å²) in [6, 6.07) is 7.20. The highest BCUT2D eigenvalue weighted by Gasteiger charge is 2.14. The van der Waals surface area contributed by atoms with Gasteiger partial charge in [0, 0.05) is 20.2 Å². The number of rotatable bonds is 5. The third-order valence-electron chi connectivity index (χ3n) is 2.37. The number of hydrogen-bond acceptors (Lipinski definition) is 3. The van der Waals surface area contributed by atoms with E-state index in [0.717, 1.165) is 18.7 Å². The van der Waals surface area contributed by atoms with Crippen LogP contribution in [0.1, 0.15) is 19.4 Å². The zero-order chi connectivity index (χ0) is 11.3. The second-order valence-electron chi connectivity index (χ2n) is 4.23. The summed E-state index contributed by atoms with van der Waals surface area (Å²) in [7, 11) is 1.71. The summed E-state index contributed by atoms with van der Waals surface area (Å²) in [5.41, 5.74) is 1.01. The Morgan fingerprint density at radius 3 is 2.40 bits per heavy atom. The van der Waals surface area contributed by atoms with Gasteiger partial charge in [-0.3, -0.25) is 0 Å². The maximum absolute atomic E-state index is 9.11. The summed E-state index contributed by atoms with van der Waals surface area (Å²) in [6.45, 7) is 5.66. The van der Waals surface area contributed by atoms with Gasteiger partial charge in [-0.25, -0.2) is 0 Å². The first-order valence-corrected chi connectivity index (χ1v) is 5.07. The van der Waals surface area contributed by atoms with E-state index in [1.807, 2.05) is 26.0 Å². The molecule has 15 heavy (non-hydrogen) atoms. The SMILES string of the molecule is COC(C)(C)CNCc1ccc(O)cc1. The van der Waals surface area contributed by atoms with Crippen molar-refractivity contribution in [3.63, 3.8) is 0 Å². The van der Waals surface area contributed by atoms with Crippen molar-refractivity contribution in [2.45, 2.75) is 26.0 Å². The first-order chi connectivity index (χ1) is 7.03. The third kappa shape index (κ3) is 4.32. The standard InChI is InChI=1S/C12H19NO2/c1-12(2,15-3)9-13-8-10-4-6-11(14)7-5-10/h4-7,13-14H,8-9H2,1-3H3. The van der Waals surface area contributed by atoms with Crippen LogP contribution in [0.5, 0.6) is 5.75 Å². The van der Waals surface area contributed by atoms with Crippen molar-refractivity contribution in [2.24, 2.45) is 0 Å². The van der Waals surface area contributed by atoms with Crippen LogP contribution in [0.4, 0.5) is 0 Å². The maximum Gasteiger partial charge on any atom is 0.115 e. The Hall–Kier alpha value is -1.06. The maximum atomic E-state index is 9.11. The molecule has 0 aliphatic rings. The molecule has 84 valence electrons. The lowest BCUT2D eigenvalue weighted by Gasteiger charge is -2.23. The van der Waals surface area contributed by atoms with E-state index in [1.165, 1.54) is 0 Å². The van der Waals surface area contributed by atoms with E-state index in [-0.39, 0.29) is 5.60 Å². The monoisotopic (exact) mass is 209 g/mol. The zero-order valence-corrected chi connectivity index (χ0v) is 9.58. The molecule has 0 radical (unpaired) electrons. The molecular weight excluding hydrogens is 190 g/mol. The Labute approximate surface area is 91.1 Å². The smallest absolute Gasteiger partial charge is 0.115 e. The first kappa shape index (κ1) is 12.0. The minimum atomic E-state index is -0.142. The molecule has 0 spiro atoms. The molecular formula is C12H19NO2. The van der Waals surface area contributed by atoms with Crippen molar-refractivity contribution in [1.29, 1.82) is 0 Å². The molecule has 0 fully saturated rings. The number of phenols is 1. The zero-order valence-electron chi connectivity index (χ0n) is 9.58. The summed E-state index contributed by atoms with van der Waals surface area (Å²) >= 11 is 0. The molecule has 1 aromatic carbocycles. The Morgan fingerprint density at radius 2 is 1.87 bits per heavy atom. The van der Waals surface area contributed by atoms with E-state index in [0.29, 0.717) is 5.75 Å². The van der Waals surface area contributed by atoms with Crippen molar-refractivity contribution in [3.8, 4) is 5.75 Å². The number of benzene rings is 1. The lowest BCUT2D eigenvalue weighted by atomic mass is 10.1. The van der Waals surface area contributed by atoms with Gasteiger partial charge in [-0.15, -0.1) is 0 Å². The van der Waals surface area contributed by atoms with E-state index in [9.17, 15) is 0 Å². The first-order valence-electron chi connectivity index (χ1n) is 5.07. The topological polar surface area (TPSA) is 41.5 Å². The second-order valence-corrected chi connectivity index (χ2v) is 4.23. The predicted octanol–water partition coefficient (Wildman–Crippen LogP) is 1.91. The number of methoxy groups -OCH3 is 1. The van der Waals surface area contributed by atoms with Gasteiger partial charge in [-0.1, -0.05) is 12.1 Å². The second kappa shape index (κ2) is 5.14.